The van der Waals surface area contributed by atoms with Crippen LogP contribution in [0.1, 0.15) is 41.9 Å². The average molecular weight is 473 g/mol. The van der Waals surface area contributed by atoms with E-state index < -0.39 is 11.2 Å². The number of hydrogen-bond acceptors (Lipinski definition) is 3. The molecule has 1 saturated heterocycles. The molecular formula is C30H36N2OS. The molecule has 3 aromatic carbocycles. The minimum absolute atomic E-state index is 0.132. The van der Waals surface area contributed by atoms with Gasteiger partial charge in [-0.15, -0.1) is 0 Å². The van der Waals surface area contributed by atoms with Crippen LogP contribution in [0, 0.1) is 0 Å². The highest BCUT2D eigenvalue weighted by atomic mass is 32.2. The molecule has 0 bridgehead atoms. The van der Waals surface area contributed by atoms with Crippen molar-refractivity contribution in [3.8, 4) is 0 Å². The molecule has 1 spiro atoms. The molecule has 0 N–H and O–H groups in total. The Balaban J connectivity index is 1.20. The van der Waals surface area contributed by atoms with Crippen LogP contribution in [0.4, 0.5) is 0 Å². The van der Waals surface area contributed by atoms with E-state index in [1.54, 1.807) is 0 Å². The molecule has 34 heavy (non-hydrogen) atoms. The van der Waals surface area contributed by atoms with E-state index in [1.165, 1.54) is 23.1 Å². The molecule has 4 heteroatoms. The zero-order chi connectivity index (χ0) is 23.4. The van der Waals surface area contributed by atoms with Gasteiger partial charge in [0, 0.05) is 24.1 Å². The Morgan fingerprint density at radius 1 is 0.912 bits per heavy atom. The maximum Gasteiger partial charge on any atom is 0.156 e. The first-order valence-corrected chi connectivity index (χ1v) is 13.9. The number of benzene rings is 3. The van der Waals surface area contributed by atoms with Crippen LogP contribution in [-0.4, -0.2) is 53.3 Å². The number of piperidine rings is 1. The van der Waals surface area contributed by atoms with Gasteiger partial charge in [0.05, 0.1) is 0 Å². The molecule has 0 aliphatic carbocycles. The van der Waals surface area contributed by atoms with Crippen LogP contribution in [0.2, 0.25) is 0 Å². The average Bonchev–Trinajstić information content (AvgIpc) is 3.15. The molecule has 0 aromatic heterocycles. The fourth-order valence-corrected chi connectivity index (χ4v) is 7.75. The molecule has 3 aromatic rings. The summed E-state index contributed by atoms with van der Waals surface area (Å²) in [5.41, 5.74) is 4.30. The smallest absolute Gasteiger partial charge is 0.156 e. The molecular weight excluding hydrogens is 436 g/mol. The highest BCUT2D eigenvalue weighted by molar-refractivity contribution is 7.91. The molecule has 178 valence electrons. The van der Waals surface area contributed by atoms with Gasteiger partial charge in [-0.05, 0) is 80.2 Å². The molecule has 0 radical (unpaired) electrons. The van der Waals surface area contributed by atoms with Crippen molar-refractivity contribution in [1.29, 1.82) is 0 Å². The number of likely N-dealkylation sites (tertiary alicyclic amines) is 1. The van der Waals surface area contributed by atoms with Gasteiger partial charge in [0.2, 0.25) is 0 Å². The third kappa shape index (κ3) is 5.26. The van der Waals surface area contributed by atoms with Gasteiger partial charge in [-0.25, -0.2) is 0 Å². The zero-order valence-electron chi connectivity index (χ0n) is 20.2. The van der Waals surface area contributed by atoms with Crippen molar-refractivity contribution < 1.29 is 4.55 Å². The summed E-state index contributed by atoms with van der Waals surface area (Å²) in [4.78, 5) is 6.19. The number of hydrogen-bond donors (Lipinski definition) is 0. The Labute approximate surface area is 208 Å². The lowest BCUT2D eigenvalue weighted by molar-refractivity contribution is 0.163. The molecule has 2 aliphatic rings. The zero-order valence-corrected chi connectivity index (χ0v) is 21.1. The number of fused-ring (bicyclic) bond motifs is 2. The second-order valence-electron chi connectivity index (χ2n) is 10.2. The van der Waals surface area contributed by atoms with E-state index in [0.29, 0.717) is 5.92 Å². The normalized spacial score (nSPS) is 20.5. The van der Waals surface area contributed by atoms with Gasteiger partial charge in [-0.2, -0.15) is 0 Å². The molecule has 0 unspecified atom stereocenters. The summed E-state index contributed by atoms with van der Waals surface area (Å²) < 4.78 is 12.7. The van der Waals surface area contributed by atoms with Crippen LogP contribution in [0.25, 0.3) is 0 Å². The highest BCUT2D eigenvalue weighted by Gasteiger charge is 2.48. The van der Waals surface area contributed by atoms with Crippen molar-refractivity contribution in [3.05, 3.63) is 102 Å². The molecule has 2 heterocycles. The van der Waals surface area contributed by atoms with E-state index >= 15 is 0 Å². The summed E-state index contributed by atoms with van der Waals surface area (Å²) >= 11 is -0.830. The Morgan fingerprint density at radius 2 is 1.56 bits per heavy atom. The Bertz CT molecular complexity index is 1050. The Kier molecular flexibility index (Phi) is 7.40. The van der Waals surface area contributed by atoms with Gasteiger partial charge in [0.1, 0.15) is 5.75 Å². The minimum Gasteiger partial charge on any atom is -0.611 e. The van der Waals surface area contributed by atoms with Gasteiger partial charge in [-0.1, -0.05) is 78.9 Å². The first kappa shape index (κ1) is 23.6. The molecule has 2 atom stereocenters. The number of nitrogens with zero attached hydrogens (tertiary/aromatic N) is 2. The fourth-order valence-electron chi connectivity index (χ4n) is 5.89. The third-order valence-electron chi connectivity index (χ3n) is 7.82. The lowest BCUT2D eigenvalue weighted by atomic mass is 9.74. The van der Waals surface area contributed by atoms with Crippen molar-refractivity contribution >= 4 is 11.2 Å². The topological polar surface area (TPSA) is 29.5 Å². The largest absolute Gasteiger partial charge is 0.611 e. The van der Waals surface area contributed by atoms with E-state index in [0.717, 1.165) is 56.2 Å². The summed E-state index contributed by atoms with van der Waals surface area (Å²) in [6.45, 7) is 5.37. The molecule has 5 rings (SSSR count). The van der Waals surface area contributed by atoms with E-state index in [4.69, 9.17) is 0 Å². The first-order valence-electron chi connectivity index (χ1n) is 12.6. The standard InChI is InChI=1S/C30H36N2OS/c1-31(22-25-10-4-2-5-11-25)23-27(26-12-6-3-7-13-26)16-19-32-20-17-30(18-21-32)24-34(33)29-15-9-8-14-28(29)30/h2-15,27H,16-24H2,1H3/t27-,34-/m0/s1. The van der Waals surface area contributed by atoms with Gasteiger partial charge in [-0.3, -0.25) is 0 Å². The lowest BCUT2D eigenvalue weighted by Crippen LogP contribution is -2.44. The summed E-state index contributed by atoms with van der Waals surface area (Å²) in [6.07, 6.45) is 3.41. The SMILES string of the molecule is CN(Cc1ccccc1)C[C@H](CCN1CCC2(CC1)C[S@+]([O-])c1ccccc12)c1ccccc1. The van der Waals surface area contributed by atoms with Gasteiger partial charge in [0.25, 0.3) is 0 Å². The minimum atomic E-state index is -0.830. The highest BCUT2D eigenvalue weighted by Crippen LogP contribution is 2.46. The maximum absolute atomic E-state index is 12.7. The predicted molar refractivity (Wildman–Crippen MR) is 142 cm³/mol. The quantitative estimate of drug-likeness (QED) is 0.409. The van der Waals surface area contributed by atoms with Crippen LogP contribution < -0.4 is 0 Å². The predicted octanol–water partition coefficient (Wildman–Crippen LogP) is 5.45. The van der Waals surface area contributed by atoms with E-state index in [9.17, 15) is 4.55 Å². The van der Waals surface area contributed by atoms with Gasteiger partial charge < -0.3 is 14.4 Å². The van der Waals surface area contributed by atoms with Crippen LogP contribution in [-0.2, 0) is 23.1 Å². The van der Waals surface area contributed by atoms with Crippen LogP contribution >= 0.6 is 0 Å². The maximum atomic E-state index is 12.7. The lowest BCUT2D eigenvalue weighted by Gasteiger charge is -2.38. The fraction of sp³-hybridized carbons (Fsp3) is 0.400. The molecule has 2 aliphatic heterocycles. The van der Waals surface area contributed by atoms with Crippen LogP contribution in [0.15, 0.2) is 89.8 Å². The van der Waals surface area contributed by atoms with Gasteiger partial charge >= 0.3 is 0 Å². The molecule has 3 nitrogen and oxygen atoms in total. The van der Waals surface area contributed by atoms with Crippen molar-refractivity contribution in [2.75, 3.05) is 39.0 Å². The molecule has 0 saturated carbocycles. The van der Waals surface area contributed by atoms with Crippen molar-refractivity contribution in [2.45, 2.75) is 42.0 Å². The summed E-state index contributed by atoms with van der Waals surface area (Å²) in [5, 5.41) is 0. The van der Waals surface area contributed by atoms with Crippen molar-refractivity contribution in [1.82, 2.24) is 9.80 Å². The molecule has 1 fully saturated rings. The number of rotatable bonds is 8. The monoisotopic (exact) mass is 472 g/mol. The third-order valence-corrected chi connectivity index (χ3v) is 9.48. The Hall–Kier alpha value is -2.11. The van der Waals surface area contributed by atoms with Crippen molar-refractivity contribution in [3.63, 3.8) is 0 Å². The molecule has 0 amide bonds. The summed E-state index contributed by atoms with van der Waals surface area (Å²) in [6, 6.07) is 30.2. The van der Waals surface area contributed by atoms with E-state index in [-0.39, 0.29) is 5.41 Å². The van der Waals surface area contributed by atoms with Crippen LogP contribution in [0.3, 0.4) is 0 Å². The summed E-state index contributed by atoms with van der Waals surface area (Å²) in [5.74, 6) is 1.34. The first-order chi connectivity index (χ1) is 16.6. The second kappa shape index (κ2) is 10.7. The van der Waals surface area contributed by atoms with Crippen LogP contribution in [0.5, 0.6) is 0 Å². The number of likely N-dealkylation sites (N-methyl/N-ethyl adjacent to an activating group) is 1. The van der Waals surface area contributed by atoms with E-state index in [1.807, 2.05) is 6.07 Å². The second-order valence-corrected chi connectivity index (χ2v) is 11.6. The van der Waals surface area contributed by atoms with E-state index in [2.05, 4.69) is 95.7 Å². The summed E-state index contributed by atoms with van der Waals surface area (Å²) in [7, 11) is 2.24. The van der Waals surface area contributed by atoms with Crippen molar-refractivity contribution in [2.24, 2.45) is 0 Å². The Morgan fingerprint density at radius 3 is 2.29 bits per heavy atom. The van der Waals surface area contributed by atoms with Gasteiger partial charge in [0.15, 0.2) is 4.90 Å².